The molecule has 0 saturated heterocycles. The maximum atomic E-state index is 11.2. The van der Waals surface area contributed by atoms with E-state index in [0.29, 0.717) is 16.8 Å². The van der Waals surface area contributed by atoms with Gasteiger partial charge >= 0.3 is 0 Å². The summed E-state index contributed by atoms with van der Waals surface area (Å²) in [6, 6.07) is 51.5. The molecule has 0 bridgehead atoms. The molecule has 4 aromatic heterocycles. The molecule has 0 spiro atoms. The molecule has 7 aromatic carbocycles. The number of para-hydroxylation sites is 2. The fraction of sp³-hybridized carbons (Fsp3) is 0. The first-order valence-electron chi connectivity index (χ1n) is 16.4. The Balaban J connectivity index is 1.28. The van der Waals surface area contributed by atoms with Crippen molar-refractivity contribution in [1.29, 1.82) is 10.5 Å². The summed E-state index contributed by atoms with van der Waals surface area (Å²) in [7, 11) is 0. The van der Waals surface area contributed by atoms with Crippen LogP contribution in [0, 0.1) is 22.7 Å². The van der Waals surface area contributed by atoms with Crippen molar-refractivity contribution in [1.82, 2.24) is 9.13 Å². The number of hydrogen-bond donors (Lipinski definition) is 0. The maximum absolute atomic E-state index is 11.2. The van der Waals surface area contributed by atoms with Gasteiger partial charge in [-0.3, -0.25) is 0 Å². The van der Waals surface area contributed by atoms with Gasteiger partial charge in [-0.05, 0) is 48.5 Å². The predicted molar refractivity (Wildman–Crippen MR) is 210 cm³/mol. The van der Waals surface area contributed by atoms with Crippen molar-refractivity contribution < 1.29 is 0 Å². The Morgan fingerprint density at radius 3 is 1.48 bits per heavy atom. The van der Waals surface area contributed by atoms with Crippen molar-refractivity contribution in [3.63, 3.8) is 0 Å². The van der Waals surface area contributed by atoms with Gasteiger partial charge in [0.1, 0.15) is 17.7 Å². The number of thiophene rings is 2. The summed E-state index contributed by atoms with van der Waals surface area (Å²) in [6.45, 7) is 0. The summed E-state index contributed by atoms with van der Waals surface area (Å²) in [5, 5.41) is 31.3. The zero-order valence-electron chi connectivity index (χ0n) is 26.3. The van der Waals surface area contributed by atoms with E-state index in [4.69, 9.17) is 0 Å². The minimum Gasteiger partial charge on any atom is -0.308 e. The molecular formula is C44H22N4S2. The van der Waals surface area contributed by atoms with Gasteiger partial charge in [0.05, 0.1) is 39.0 Å². The van der Waals surface area contributed by atoms with Crippen LogP contribution in [0.3, 0.4) is 0 Å². The number of nitrogens with zero attached hydrogens (tertiary/aromatic N) is 4. The first kappa shape index (κ1) is 27.5. The molecule has 0 aliphatic carbocycles. The summed E-state index contributed by atoms with van der Waals surface area (Å²) in [5.74, 6) is 0. The Morgan fingerprint density at radius 1 is 0.420 bits per heavy atom. The van der Waals surface area contributed by atoms with Crippen LogP contribution < -0.4 is 0 Å². The molecule has 50 heavy (non-hydrogen) atoms. The van der Waals surface area contributed by atoms with Gasteiger partial charge in [-0.15, -0.1) is 22.7 Å². The molecule has 11 aromatic rings. The smallest absolute Gasteiger partial charge is 0.104 e. The minimum absolute atomic E-state index is 0.456. The average Bonchev–Trinajstić information content (AvgIpc) is 3.91. The maximum Gasteiger partial charge on any atom is 0.104 e. The number of aromatic nitrogens is 2. The van der Waals surface area contributed by atoms with E-state index in [1.54, 1.807) is 11.3 Å². The molecule has 4 nitrogen and oxygen atoms in total. The van der Waals surface area contributed by atoms with Crippen LogP contribution in [0.4, 0.5) is 0 Å². The van der Waals surface area contributed by atoms with Gasteiger partial charge in [0.2, 0.25) is 0 Å². The van der Waals surface area contributed by atoms with E-state index in [2.05, 4.69) is 137 Å². The number of nitriles is 2. The van der Waals surface area contributed by atoms with E-state index in [1.165, 1.54) is 45.7 Å². The highest BCUT2D eigenvalue weighted by Gasteiger charge is 2.25. The summed E-state index contributed by atoms with van der Waals surface area (Å²) in [6.07, 6.45) is 0. The molecule has 0 atom stereocenters. The van der Waals surface area contributed by atoms with E-state index in [1.807, 2.05) is 29.5 Å². The molecule has 230 valence electrons. The lowest BCUT2D eigenvalue weighted by Crippen LogP contribution is -2.06. The lowest BCUT2D eigenvalue weighted by atomic mass is 10.0. The second-order valence-corrected chi connectivity index (χ2v) is 14.8. The molecule has 0 aliphatic heterocycles. The van der Waals surface area contributed by atoms with E-state index in [9.17, 15) is 10.5 Å². The molecule has 0 saturated carbocycles. The Kier molecular flexibility index (Phi) is 5.52. The Morgan fingerprint density at radius 2 is 0.920 bits per heavy atom. The first-order chi connectivity index (χ1) is 24.7. The van der Waals surface area contributed by atoms with Gasteiger partial charge in [-0.25, -0.2) is 0 Å². The molecule has 4 heterocycles. The van der Waals surface area contributed by atoms with Crippen LogP contribution in [0.1, 0.15) is 11.1 Å². The Hall–Kier alpha value is -6.44. The van der Waals surface area contributed by atoms with Gasteiger partial charge in [-0.2, -0.15) is 10.5 Å². The van der Waals surface area contributed by atoms with Gasteiger partial charge in [0.15, 0.2) is 0 Å². The van der Waals surface area contributed by atoms with E-state index < -0.39 is 0 Å². The van der Waals surface area contributed by atoms with Crippen LogP contribution in [0.5, 0.6) is 0 Å². The minimum atomic E-state index is 0.456. The normalized spacial score (nSPS) is 12.0. The number of rotatable bonds is 2. The van der Waals surface area contributed by atoms with Crippen LogP contribution in [-0.2, 0) is 0 Å². The monoisotopic (exact) mass is 670 g/mol. The average molecular weight is 671 g/mol. The van der Waals surface area contributed by atoms with Crippen molar-refractivity contribution in [3.05, 3.63) is 145 Å². The quantitative estimate of drug-likeness (QED) is 0.184. The number of fused-ring (bicyclic) bond motifs is 14. The van der Waals surface area contributed by atoms with Crippen molar-refractivity contribution in [3.8, 4) is 23.5 Å². The molecule has 11 rings (SSSR count). The molecule has 0 fully saturated rings. The molecule has 0 unspecified atom stereocenters. The molecule has 0 aliphatic rings. The van der Waals surface area contributed by atoms with E-state index in [-0.39, 0.29) is 0 Å². The van der Waals surface area contributed by atoms with Gasteiger partial charge in [0.25, 0.3) is 0 Å². The predicted octanol–water partition coefficient (Wildman–Crippen LogP) is 12.4. The fourth-order valence-corrected chi connectivity index (χ4v) is 10.7. The molecule has 0 N–H and O–H groups in total. The van der Waals surface area contributed by atoms with Crippen molar-refractivity contribution in [2.45, 2.75) is 0 Å². The molecular weight excluding hydrogens is 649 g/mol. The zero-order chi connectivity index (χ0) is 33.1. The third kappa shape index (κ3) is 3.46. The van der Waals surface area contributed by atoms with E-state index in [0.717, 1.165) is 43.9 Å². The SMILES string of the molecule is N#Cc1ccc(-n2c3ccccc3c3c4sc5ccccc5c4ccc32)c(C#N)c1-n1c2ccccc2c2c3sc4ccccc4c3ccc21. The number of benzene rings is 7. The van der Waals surface area contributed by atoms with Crippen LogP contribution in [0.2, 0.25) is 0 Å². The van der Waals surface area contributed by atoms with Gasteiger partial charge in [0, 0.05) is 61.9 Å². The van der Waals surface area contributed by atoms with Crippen LogP contribution in [0.15, 0.2) is 133 Å². The summed E-state index contributed by atoms with van der Waals surface area (Å²) in [4.78, 5) is 0. The number of hydrogen-bond acceptors (Lipinski definition) is 4. The third-order valence-electron chi connectivity index (χ3n) is 10.2. The van der Waals surface area contributed by atoms with Gasteiger partial charge < -0.3 is 9.13 Å². The highest BCUT2D eigenvalue weighted by atomic mass is 32.1. The summed E-state index contributed by atoms with van der Waals surface area (Å²) in [5.41, 5.74) is 6.27. The van der Waals surface area contributed by atoms with Crippen LogP contribution in [0.25, 0.3) is 95.3 Å². The van der Waals surface area contributed by atoms with Crippen molar-refractivity contribution >= 4 is 107 Å². The van der Waals surface area contributed by atoms with Crippen molar-refractivity contribution in [2.75, 3.05) is 0 Å². The zero-order valence-corrected chi connectivity index (χ0v) is 27.9. The lowest BCUT2D eigenvalue weighted by molar-refractivity contribution is 1.11. The third-order valence-corrected chi connectivity index (χ3v) is 12.6. The topological polar surface area (TPSA) is 57.4 Å². The van der Waals surface area contributed by atoms with Crippen LogP contribution >= 0.6 is 22.7 Å². The standard InChI is InChI=1S/C44H22N4S2/c45-23-25-17-20-35(47-33-13-5-1-11-30(33)40-36(47)21-18-28-26-9-3-7-15-38(26)49-43(28)40)32(24-46)42(25)48-34-14-6-2-12-31(34)41-37(48)22-19-29-27-10-4-8-16-39(27)50-44(29)41/h1-22H. The first-order valence-corrected chi connectivity index (χ1v) is 18.0. The Labute approximate surface area is 293 Å². The van der Waals surface area contributed by atoms with Crippen LogP contribution in [-0.4, -0.2) is 9.13 Å². The fourth-order valence-electron chi connectivity index (χ4n) is 8.17. The van der Waals surface area contributed by atoms with E-state index >= 15 is 0 Å². The largest absolute Gasteiger partial charge is 0.308 e. The highest BCUT2D eigenvalue weighted by molar-refractivity contribution is 7.27. The Bertz CT molecular complexity index is 3360. The summed E-state index contributed by atoms with van der Waals surface area (Å²) < 4.78 is 9.30. The van der Waals surface area contributed by atoms with Gasteiger partial charge in [-0.1, -0.05) is 84.9 Å². The highest BCUT2D eigenvalue weighted by Crippen LogP contribution is 2.46. The summed E-state index contributed by atoms with van der Waals surface area (Å²) >= 11 is 3.61. The second-order valence-electron chi connectivity index (χ2n) is 12.7. The lowest BCUT2D eigenvalue weighted by Gasteiger charge is -2.17. The molecule has 0 amide bonds. The molecule has 0 radical (unpaired) electrons. The van der Waals surface area contributed by atoms with Crippen molar-refractivity contribution in [2.24, 2.45) is 0 Å². The second kappa shape index (κ2) is 10.0. The molecule has 6 heteroatoms.